The molecular weight excluding hydrogens is 359 g/mol. The lowest BCUT2D eigenvalue weighted by atomic mass is 10.1. The first-order valence-corrected chi connectivity index (χ1v) is 8.58. The molecule has 0 bridgehead atoms. The molecule has 0 saturated heterocycles. The van der Waals surface area contributed by atoms with E-state index in [1.54, 1.807) is 53.4 Å². The van der Waals surface area contributed by atoms with Gasteiger partial charge in [0.15, 0.2) is 0 Å². The van der Waals surface area contributed by atoms with Crippen LogP contribution in [0.25, 0.3) is 16.7 Å². The van der Waals surface area contributed by atoms with Gasteiger partial charge in [0.25, 0.3) is 5.91 Å². The number of nitrogens with one attached hydrogen (secondary N) is 1. The van der Waals surface area contributed by atoms with Gasteiger partial charge < -0.3 is 9.88 Å². The van der Waals surface area contributed by atoms with Crippen molar-refractivity contribution >= 4 is 16.9 Å². The van der Waals surface area contributed by atoms with Gasteiger partial charge in [0.05, 0.1) is 17.6 Å². The van der Waals surface area contributed by atoms with Gasteiger partial charge in [-0.3, -0.25) is 14.6 Å². The van der Waals surface area contributed by atoms with E-state index in [9.17, 15) is 14.0 Å². The van der Waals surface area contributed by atoms with Gasteiger partial charge >= 0.3 is 0 Å². The molecule has 1 N–H and O–H groups in total. The Morgan fingerprint density at radius 1 is 1.00 bits per heavy atom. The van der Waals surface area contributed by atoms with Crippen molar-refractivity contribution in [2.45, 2.75) is 6.54 Å². The van der Waals surface area contributed by atoms with Crippen LogP contribution in [0.1, 0.15) is 16.1 Å². The molecule has 0 spiro atoms. The van der Waals surface area contributed by atoms with Crippen LogP contribution in [0.2, 0.25) is 0 Å². The van der Waals surface area contributed by atoms with Crippen LogP contribution in [0, 0.1) is 5.82 Å². The number of nitrogens with zero attached hydrogens (tertiary/aromatic N) is 3. The van der Waals surface area contributed by atoms with Crippen LogP contribution < -0.4 is 10.7 Å². The van der Waals surface area contributed by atoms with E-state index in [0.29, 0.717) is 22.4 Å². The summed E-state index contributed by atoms with van der Waals surface area (Å²) in [4.78, 5) is 33.9. The summed E-state index contributed by atoms with van der Waals surface area (Å²) < 4.78 is 14.9. The highest BCUT2D eigenvalue weighted by Gasteiger charge is 2.17. The topological polar surface area (TPSA) is 76.9 Å². The molecule has 7 heteroatoms. The molecule has 28 heavy (non-hydrogen) atoms. The molecule has 0 atom stereocenters. The Kier molecular flexibility index (Phi) is 4.63. The summed E-state index contributed by atoms with van der Waals surface area (Å²) >= 11 is 0. The van der Waals surface area contributed by atoms with Crippen LogP contribution in [0.5, 0.6) is 0 Å². The van der Waals surface area contributed by atoms with E-state index in [0.717, 1.165) is 0 Å². The van der Waals surface area contributed by atoms with Gasteiger partial charge in [-0.1, -0.05) is 6.07 Å². The minimum absolute atomic E-state index is 0.0271. The Labute approximate surface area is 159 Å². The summed E-state index contributed by atoms with van der Waals surface area (Å²) in [6, 6.07) is 14.4. The number of fused-ring (bicyclic) bond motifs is 1. The molecule has 3 heterocycles. The van der Waals surface area contributed by atoms with Crippen LogP contribution in [-0.4, -0.2) is 20.4 Å². The van der Waals surface area contributed by atoms with E-state index in [2.05, 4.69) is 15.3 Å². The molecule has 3 aromatic heterocycles. The molecule has 0 unspecified atom stereocenters. The summed E-state index contributed by atoms with van der Waals surface area (Å²) in [5, 5.41) is 3.02. The smallest absolute Gasteiger partial charge is 0.257 e. The van der Waals surface area contributed by atoms with Crippen molar-refractivity contribution < 1.29 is 9.18 Å². The minimum atomic E-state index is -0.516. The van der Waals surface area contributed by atoms with Crippen molar-refractivity contribution in [3.63, 3.8) is 0 Å². The average Bonchev–Trinajstić information content (AvgIpc) is 2.74. The van der Waals surface area contributed by atoms with Crippen LogP contribution in [0.3, 0.4) is 0 Å². The second kappa shape index (κ2) is 7.40. The van der Waals surface area contributed by atoms with Crippen molar-refractivity contribution in [1.29, 1.82) is 0 Å². The molecule has 0 aliphatic rings. The Morgan fingerprint density at radius 3 is 2.54 bits per heavy atom. The van der Waals surface area contributed by atoms with Crippen molar-refractivity contribution in [3.05, 3.63) is 100 Å². The number of aromatic nitrogens is 3. The Balaban J connectivity index is 1.78. The number of hydrogen-bond donors (Lipinski definition) is 1. The number of carbonyl (C=O) groups is 1. The van der Waals surface area contributed by atoms with E-state index < -0.39 is 11.3 Å². The summed E-state index contributed by atoms with van der Waals surface area (Å²) in [7, 11) is 0. The van der Waals surface area contributed by atoms with Gasteiger partial charge in [-0.2, -0.15) is 0 Å². The molecule has 4 rings (SSSR count). The predicted octanol–water partition coefficient (Wildman–Crippen LogP) is 2.85. The number of carbonyl (C=O) groups excluding carboxylic acids is 1. The third-order valence-corrected chi connectivity index (χ3v) is 4.27. The fourth-order valence-electron chi connectivity index (χ4n) is 2.89. The fourth-order valence-corrected chi connectivity index (χ4v) is 2.89. The molecular formula is C21H15FN4O2. The zero-order chi connectivity index (χ0) is 19.5. The highest BCUT2D eigenvalue weighted by molar-refractivity contribution is 5.97. The molecule has 138 valence electrons. The first kappa shape index (κ1) is 17.5. The molecule has 6 nitrogen and oxygen atoms in total. The third-order valence-electron chi connectivity index (χ3n) is 4.27. The number of rotatable bonds is 4. The standard InChI is InChI=1S/C21H15FN4O2/c22-14-6-8-16(9-7-14)26-13-18(19(27)17-5-3-11-24-20(17)26)21(28)25-12-15-4-1-2-10-23-15/h1-11,13H,12H2,(H,25,28). The van der Waals surface area contributed by atoms with Crippen molar-refractivity contribution in [1.82, 2.24) is 19.9 Å². The largest absolute Gasteiger partial charge is 0.346 e. The number of amides is 1. The number of hydrogen-bond acceptors (Lipinski definition) is 4. The van der Waals surface area contributed by atoms with Gasteiger partial charge in [0, 0.05) is 24.3 Å². The van der Waals surface area contributed by atoms with Gasteiger partial charge in [-0.15, -0.1) is 0 Å². The molecule has 0 aliphatic heterocycles. The molecule has 0 fully saturated rings. The highest BCUT2D eigenvalue weighted by atomic mass is 19.1. The SMILES string of the molecule is O=C(NCc1ccccn1)c1cn(-c2ccc(F)cc2)c2ncccc2c1=O. The zero-order valence-corrected chi connectivity index (χ0v) is 14.7. The van der Waals surface area contributed by atoms with Gasteiger partial charge in [0.2, 0.25) is 5.43 Å². The highest BCUT2D eigenvalue weighted by Crippen LogP contribution is 2.16. The molecule has 4 aromatic rings. The molecule has 0 aliphatic carbocycles. The Morgan fingerprint density at radius 2 is 1.79 bits per heavy atom. The van der Waals surface area contributed by atoms with Crippen LogP contribution in [-0.2, 0) is 6.54 Å². The van der Waals surface area contributed by atoms with Crippen LogP contribution in [0.4, 0.5) is 4.39 Å². The van der Waals surface area contributed by atoms with Gasteiger partial charge in [-0.05, 0) is 48.5 Å². The maximum absolute atomic E-state index is 13.3. The maximum atomic E-state index is 13.3. The van der Waals surface area contributed by atoms with Gasteiger partial charge in [-0.25, -0.2) is 9.37 Å². The second-order valence-corrected chi connectivity index (χ2v) is 6.10. The van der Waals surface area contributed by atoms with E-state index in [-0.39, 0.29) is 17.9 Å². The lowest BCUT2D eigenvalue weighted by Gasteiger charge is -2.13. The number of pyridine rings is 3. The summed E-state index contributed by atoms with van der Waals surface area (Å²) in [5.74, 6) is -0.896. The van der Waals surface area contributed by atoms with E-state index in [4.69, 9.17) is 0 Å². The summed E-state index contributed by atoms with van der Waals surface area (Å²) in [6.45, 7) is 0.195. The molecule has 1 amide bonds. The van der Waals surface area contributed by atoms with E-state index >= 15 is 0 Å². The summed E-state index contributed by atoms with van der Waals surface area (Å²) in [5.41, 5.74) is 1.21. The second-order valence-electron chi connectivity index (χ2n) is 6.10. The molecule has 1 aromatic carbocycles. The van der Waals surface area contributed by atoms with Crippen molar-refractivity contribution in [2.24, 2.45) is 0 Å². The fraction of sp³-hybridized carbons (Fsp3) is 0.0476. The Hall–Kier alpha value is -3.87. The van der Waals surface area contributed by atoms with E-state index in [1.807, 2.05) is 6.07 Å². The quantitative estimate of drug-likeness (QED) is 0.596. The lowest BCUT2D eigenvalue weighted by molar-refractivity contribution is 0.0949. The molecule has 0 radical (unpaired) electrons. The average molecular weight is 374 g/mol. The first-order valence-electron chi connectivity index (χ1n) is 8.58. The number of halogens is 1. The maximum Gasteiger partial charge on any atom is 0.257 e. The zero-order valence-electron chi connectivity index (χ0n) is 14.7. The minimum Gasteiger partial charge on any atom is -0.346 e. The number of benzene rings is 1. The van der Waals surface area contributed by atoms with E-state index in [1.165, 1.54) is 18.3 Å². The molecule has 0 saturated carbocycles. The lowest BCUT2D eigenvalue weighted by Crippen LogP contribution is -2.29. The van der Waals surface area contributed by atoms with Crippen molar-refractivity contribution in [2.75, 3.05) is 0 Å². The van der Waals surface area contributed by atoms with Crippen molar-refractivity contribution in [3.8, 4) is 5.69 Å². The Bertz CT molecular complexity index is 1200. The van der Waals surface area contributed by atoms with Crippen LogP contribution >= 0.6 is 0 Å². The first-order chi connectivity index (χ1) is 13.6. The van der Waals surface area contributed by atoms with Gasteiger partial charge in [0.1, 0.15) is 17.0 Å². The van der Waals surface area contributed by atoms with Crippen LogP contribution in [0.15, 0.2) is 78.0 Å². The normalized spacial score (nSPS) is 10.8. The monoisotopic (exact) mass is 374 g/mol. The third kappa shape index (κ3) is 3.37. The summed E-state index contributed by atoms with van der Waals surface area (Å²) in [6.07, 6.45) is 4.62. The predicted molar refractivity (Wildman–Crippen MR) is 103 cm³/mol.